The molecule has 3 nitrogen and oxygen atoms in total. The summed E-state index contributed by atoms with van der Waals surface area (Å²) in [6.07, 6.45) is 1.39. The fourth-order valence-corrected chi connectivity index (χ4v) is 2.24. The van der Waals surface area contributed by atoms with Crippen molar-refractivity contribution in [3.05, 3.63) is 63.9 Å². The highest BCUT2D eigenvalue weighted by Gasteiger charge is 2.21. The predicted molar refractivity (Wildman–Crippen MR) is 81.2 cm³/mol. The fourth-order valence-electron chi connectivity index (χ4n) is 1.90. The van der Waals surface area contributed by atoms with Crippen LogP contribution in [0.4, 0.5) is 0 Å². The number of carbonyl (C=O) groups excluding carboxylic acids is 1. The van der Waals surface area contributed by atoms with Gasteiger partial charge in [0, 0.05) is 13.2 Å². The molecule has 0 aliphatic heterocycles. The molecule has 1 atom stereocenters. The Balaban J connectivity index is 2.27. The summed E-state index contributed by atoms with van der Waals surface area (Å²) < 4.78 is 0. The van der Waals surface area contributed by atoms with Crippen molar-refractivity contribution in [2.45, 2.75) is 13.0 Å². The SMILES string of the molecule is CC(c1ccccc1)N(C)C(=O)c1cc(Cl)ncc1Cl. The first-order valence-corrected chi connectivity index (χ1v) is 6.89. The first kappa shape index (κ1) is 14.8. The molecule has 0 bridgehead atoms. The number of aromatic nitrogens is 1. The quantitative estimate of drug-likeness (QED) is 0.795. The second kappa shape index (κ2) is 6.25. The van der Waals surface area contributed by atoms with Crippen LogP contribution in [-0.2, 0) is 0 Å². The van der Waals surface area contributed by atoms with Gasteiger partial charge in [-0.2, -0.15) is 0 Å². The van der Waals surface area contributed by atoms with Crippen LogP contribution in [0, 0.1) is 0 Å². The van der Waals surface area contributed by atoms with E-state index in [1.807, 2.05) is 37.3 Å². The Labute approximate surface area is 128 Å². The van der Waals surface area contributed by atoms with E-state index in [9.17, 15) is 4.79 Å². The number of hydrogen-bond acceptors (Lipinski definition) is 2. The Kier molecular flexibility index (Phi) is 4.63. The van der Waals surface area contributed by atoms with Gasteiger partial charge in [0.05, 0.1) is 16.6 Å². The molecule has 1 amide bonds. The zero-order valence-corrected chi connectivity index (χ0v) is 12.7. The molecule has 1 unspecified atom stereocenters. The number of nitrogens with zero attached hydrogens (tertiary/aromatic N) is 2. The molecule has 0 aliphatic rings. The molecular formula is C15H14Cl2N2O. The fraction of sp³-hybridized carbons (Fsp3) is 0.200. The maximum absolute atomic E-state index is 12.5. The van der Waals surface area contributed by atoms with Gasteiger partial charge in [0.1, 0.15) is 5.15 Å². The average molecular weight is 309 g/mol. The van der Waals surface area contributed by atoms with Crippen LogP contribution in [0.1, 0.15) is 28.9 Å². The Hall–Kier alpha value is -1.58. The largest absolute Gasteiger partial charge is 0.335 e. The minimum Gasteiger partial charge on any atom is -0.335 e. The molecule has 0 spiro atoms. The van der Waals surface area contributed by atoms with Crippen LogP contribution in [-0.4, -0.2) is 22.8 Å². The van der Waals surface area contributed by atoms with Gasteiger partial charge < -0.3 is 4.90 Å². The summed E-state index contributed by atoms with van der Waals surface area (Å²) in [5.41, 5.74) is 1.41. The lowest BCUT2D eigenvalue weighted by Gasteiger charge is -2.25. The molecule has 1 aromatic carbocycles. The van der Waals surface area contributed by atoms with Crippen molar-refractivity contribution in [3.8, 4) is 0 Å². The predicted octanol–water partition coefficient (Wildman–Crippen LogP) is 4.22. The topological polar surface area (TPSA) is 33.2 Å². The summed E-state index contributed by atoms with van der Waals surface area (Å²) in [5, 5.41) is 0.546. The van der Waals surface area contributed by atoms with E-state index in [0.717, 1.165) is 5.56 Å². The Morgan fingerprint density at radius 1 is 1.25 bits per heavy atom. The van der Waals surface area contributed by atoms with E-state index >= 15 is 0 Å². The summed E-state index contributed by atoms with van der Waals surface area (Å²) >= 11 is 11.8. The van der Waals surface area contributed by atoms with E-state index in [1.165, 1.54) is 12.3 Å². The molecular weight excluding hydrogens is 295 g/mol. The lowest BCUT2D eigenvalue weighted by molar-refractivity contribution is 0.0742. The molecule has 1 heterocycles. The van der Waals surface area contributed by atoms with Crippen molar-refractivity contribution in [3.63, 3.8) is 0 Å². The molecule has 0 aliphatic carbocycles. The number of carbonyl (C=O) groups is 1. The summed E-state index contributed by atoms with van der Waals surface area (Å²) in [4.78, 5) is 18.0. The number of amides is 1. The van der Waals surface area contributed by atoms with E-state index in [4.69, 9.17) is 23.2 Å². The smallest absolute Gasteiger partial charge is 0.255 e. The van der Waals surface area contributed by atoms with E-state index in [-0.39, 0.29) is 17.1 Å². The minimum atomic E-state index is -0.185. The molecule has 5 heteroatoms. The Morgan fingerprint density at radius 2 is 1.90 bits per heavy atom. The molecule has 2 aromatic rings. The van der Waals surface area contributed by atoms with Crippen LogP contribution in [0.5, 0.6) is 0 Å². The van der Waals surface area contributed by atoms with Crippen molar-refractivity contribution >= 4 is 29.1 Å². The molecule has 2 rings (SSSR count). The lowest BCUT2D eigenvalue weighted by Crippen LogP contribution is -2.29. The number of pyridine rings is 1. The van der Waals surface area contributed by atoms with Gasteiger partial charge in [-0.05, 0) is 18.6 Å². The monoisotopic (exact) mass is 308 g/mol. The second-order valence-electron chi connectivity index (χ2n) is 4.49. The van der Waals surface area contributed by atoms with Gasteiger partial charge in [-0.3, -0.25) is 4.79 Å². The molecule has 0 fully saturated rings. The van der Waals surface area contributed by atoms with Gasteiger partial charge in [-0.15, -0.1) is 0 Å². The molecule has 0 radical (unpaired) electrons. The van der Waals surface area contributed by atoms with Gasteiger partial charge in [0.2, 0.25) is 0 Å². The third-order valence-corrected chi connectivity index (χ3v) is 3.74. The van der Waals surface area contributed by atoms with Crippen molar-refractivity contribution in [2.24, 2.45) is 0 Å². The zero-order chi connectivity index (χ0) is 14.7. The highest BCUT2D eigenvalue weighted by molar-refractivity contribution is 6.35. The molecule has 1 aromatic heterocycles. The molecule has 20 heavy (non-hydrogen) atoms. The highest BCUT2D eigenvalue weighted by atomic mass is 35.5. The molecule has 104 valence electrons. The van der Waals surface area contributed by atoms with E-state index in [1.54, 1.807) is 11.9 Å². The van der Waals surface area contributed by atoms with Crippen LogP contribution < -0.4 is 0 Å². The maximum atomic E-state index is 12.5. The van der Waals surface area contributed by atoms with Gasteiger partial charge >= 0.3 is 0 Å². The molecule has 0 saturated carbocycles. The third kappa shape index (κ3) is 3.11. The van der Waals surface area contributed by atoms with Crippen molar-refractivity contribution in [1.29, 1.82) is 0 Å². The van der Waals surface area contributed by atoms with Crippen LogP contribution in [0.25, 0.3) is 0 Å². The average Bonchev–Trinajstić information content (AvgIpc) is 2.48. The van der Waals surface area contributed by atoms with E-state index in [2.05, 4.69) is 4.98 Å². The third-order valence-electron chi connectivity index (χ3n) is 3.24. The number of halogens is 2. The van der Waals surface area contributed by atoms with Gasteiger partial charge in [0.25, 0.3) is 5.91 Å². The first-order valence-electron chi connectivity index (χ1n) is 6.14. The van der Waals surface area contributed by atoms with E-state index < -0.39 is 0 Å². The number of rotatable bonds is 3. The van der Waals surface area contributed by atoms with Gasteiger partial charge in [-0.1, -0.05) is 53.5 Å². The lowest BCUT2D eigenvalue weighted by atomic mass is 10.1. The maximum Gasteiger partial charge on any atom is 0.255 e. The second-order valence-corrected chi connectivity index (χ2v) is 5.28. The molecule has 0 saturated heterocycles. The van der Waals surface area contributed by atoms with Crippen LogP contribution in [0.15, 0.2) is 42.6 Å². The normalized spacial score (nSPS) is 12.0. The summed E-state index contributed by atoms with van der Waals surface area (Å²) in [7, 11) is 1.74. The van der Waals surface area contributed by atoms with Crippen LogP contribution >= 0.6 is 23.2 Å². The highest BCUT2D eigenvalue weighted by Crippen LogP contribution is 2.24. The summed E-state index contributed by atoms with van der Waals surface area (Å²) in [5.74, 6) is -0.185. The van der Waals surface area contributed by atoms with Gasteiger partial charge in [-0.25, -0.2) is 4.98 Å². The van der Waals surface area contributed by atoms with Crippen molar-refractivity contribution in [2.75, 3.05) is 7.05 Å². The van der Waals surface area contributed by atoms with Gasteiger partial charge in [0.15, 0.2) is 0 Å². The summed E-state index contributed by atoms with van der Waals surface area (Å²) in [6, 6.07) is 11.2. The Morgan fingerprint density at radius 3 is 2.55 bits per heavy atom. The number of benzene rings is 1. The van der Waals surface area contributed by atoms with Crippen LogP contribution in [0.3, 0.4) is 0 Å². The zero-order valence-electron chi connectivity index (χ0n) is 11.2. The van der Waals surface area contributed by atoms with E-state index in [0.29, 0.717) is 10.6 Å². The standard InChI is InChI=1S/C15H14Cl2N2O/c1-10(11-6-4-3-5-7-11)19(2)15(20)12-8-14(17)18-9-13(12)16/h3-10H,1-2H3. The van der Waals surface area contributed by atoms with Crippen molar-refractivity contribution in [1.82, 2.24) is 9.88 Å². The Bertz CT molecular complexity index is 617. The van der Waals surface area contributed by atoms with Crippen molar-refractivity contribution < 1.29 is 4.79 Å². The molecule has 0 N–H and O–H groups in total. The first-order chi connectivity index (χ1) is 9.50. The number of hydrogen-bond donors (Lipinski definition) is 0. The minimum absolute atomic E-state index is 0.0632. The summed E-state index contributed by atoms with van der Waals surface area (Å²) in [6.45, 7) is 1.96. The van der Waals surface area contributed by atoms with Crippen LogP contribution in [0.2, 0.25) is 10.2 Å².